The Morgan fingerprint density at radius 2 is 1.71 bits per heavy atom. The molecule has 0 radical (unpaired) electrons. The lowest BCUT2D eigenvalue weighted by Gasteiger charge is -2.36. The van der Waals surface area contributed by atoms with E-state index in [1.165, 1.54) is 43.9 Å². The molecule has 2 saturated carbocycles. The molecule has 3 atom stereocenters. The number of aryl methyl sites for hydroxylation is 1. The van der Waals surface area contributed by atoms with Gasteiger partial charge in [0.05, 0.1) is 6.04 Å². The third-order valence-corrected chi connectivity index (χ3v) is 6.44. The standard InChI is InChI=1S/C19H28N2/c1-15-2-4-16(5-3-15)14-20-8-10-21(11-9-20)19-13-17-6-7-18(19)12-17/h2-5,17-19H,6-14H2,1H3/p+2/t17-,18+,19+/m0/s1. The number of rotatable bonds is 3. The summed E-state index contributed by atoms with van der Waals surface area (Å²) in [5.41, 5.74) is 2.89. The van der Waals surface area contributed by atoms with Gasteiger partial charge in [0.25, 0.3) is 0 Å². The van der Waals surface area contributed by atoms with Gasteiger partial charge in [0.2, 0.25) is 0 Å². The van der Waals surface area contributed by atoms with Crippen molar-refractivity contribution in [1.82, 2.24) is 0 Å². The molecule has 2 N–H and O–H groups in total. The van der Waals surface area contributed by atoms with Gasteiger partial charge in [0.1, 0.15) is 32.7 Å². The highest BCUT2D eigenvalue weighted by atomic mass is 15.3. The number of piperazine rings is 1. The van der Waals surface area contributed by atoms with Crippen molar-refractivity contribution < 1.29 is 9.80 Å². The molecule has 0 spiro atoms. The minimum absolute atomic E-state index is 1.03. The van der Waals surface area contributed by atoms with Crippen LogP contribution in [0.1, 0.15) is 36.8 Å². The van der Waals surface area contributed by atoms with E-state index in [4.69, 9.17) is 0 Å². The molecule has 2 aliphatic carbocycles. The summed E-state index contributed by atoms with van der Waals surface area (Å²) in [6.07, 6.45) is 6.19. The summed E-state index contributed by atoms with van der Waals surface area (Å²) in [6.45, 7) is 8.97. The largest absolute Gasteiger partial charge is 0.323 e. The molecule has 4 rings (SSSR count). The molecule has 2 heteroatoms. The zero-order chi connectivity index (χ0) is 14.2. The molecule has 114 valence electrons. The fourth-order valence-electron chi connectivity index (χ4n) is 5.21. The van der Waals surface area contributed by atoms with Crippen LogP contribution in [-0.4, -0.2) is 32.2 Å². The maximum Gasteiger partial charge on any atom is 0.127 e. The van der Waals surface area contributed by atoms with Crippen molar-refractivity contribution in [2.75, 3.05) is 26.2 Å². The average Bonchev–Trinajstić information content (AvgIpc) is 3.13. The second-order valence-electron chi connectivity index (χ2n) is 7.85. The van der Waals surface area contributed by atoms with Crippen molar-refractivity contribution >= 4 is 0 Å². The van der Waals surface area contributed by atoms with E-state index >= 15 is 0 Å². The van der Waals surface area contributed by atoms with E-state index in [1.807, 2.05) is 4.90 Å². The minimum Gasteiger partial charge on any atom is -0.323 e. The van der Waals surface area contributed by atoms with Crippen LogP contribution in [0.25, 0.3) is 0 Å². The predicted molar refractivity (Wildman–Crippen MR) is 85.5 cm³/mol. The van der Waals surface area contributed by atoms with E-state index in [1.54, 1.807) is 30.6 Å². The van der Waals surface area contributed by atoms with Crippen LogP contribution in [0.5, 0.6) is 0 Å². The highest BCUT2D eigenvalue weighted by molar-refractivity contribution is 5.20. The van der Waals surface area contributed by atoms with Gasteiger partial charge in [-0.15, -0.1) is 0 Å². The van der Waals surface area contributed by atoms with E-state index in [0.717, 1.165) is 17.9 Å². The maximum atomic E-state index is 2.32. The van der Waals surface area contributed by atoms with Gasteiger partial charge < -0.3 is 9.80 Å². The maximum absolute atomic E-state index is 2.32. The number of nitrogens with one attached hydrogen (secondary N) is 2. The van der Waals surface area contributed by atoms with Gasteiger partial charge in [-0.2, -0.15) is 0 Å². The lowest BCUT2D eigenvalue weighted by atomic mass is 9.93. The quantitative estimate of drug-likeness (QED) is 0.799. The monoisotopic (exact) mass is 286 g/mol. The molecule has 3 fully saturated rings. The van der Waals surface area contributed by atoms with Crippen LogP contribution in [0.15, 0.2) is 24.3 Å². The smallest absolute Gasteiger partial charge is 0.127 e. The second-order valence-corrected chi connectivity index (χ2v) is 7.85. The summed E-state index contributed by atoms with van der Waals surface area (Å²) in [5.74, 6) is 2.19. The Kier molecular flexibility index (Phi) is 3.76. The summed E-state index contributed by atoms with van der Waals surface area (Å²) in [4.78, 5) is 3.75. The van der Waals surface area contributed by atoms with E-state index in [9.17, 15) is 0 Å². The lowest BCUT2D eigenvalue weighted by Crippen LogP contribution is -3.29. The molecule has 1 aromatic carbocycles. The second kappa shape index (κ2) is 5.73. The lowest BCUT2D eigenvalue weighted by molar-refractivity contribution is -1.03. The molecule has 0 aromatic heterocycles. The van der Waals surface area contributed by atoms with E-state index < -0.39 is 0 Å². The predicted octanol–water partition coefficient (Wildman–Crippen LogP) is 0.467. The fraction of sp³-hybridized carbons (Fsp3) is 0.684. The average molecular weight is 286 g/mol. The molecule has 2 bridgehead atoms. The summed E-state index contributed by atoms with van der Waals surface area (Å²) >= 11 is 0. The van der Waals surface area contributed by atoms with Crippen molar-refractivity contribution in [2.24, 2.45) is 11.8 Å². The zero-order valence-corrected chi connectivity index (χ0v) is 13.4. The number of fused-ring (bicyclic) bond motifs is 2. The van der Waals surface area contributed by atoms with Gasteiger partial charge in [0, 0.05) is 17.9 Å². The Hall–Kier alpha value is -0.860. The molecule has 3 aliphatic rings. The highest BCUT2D eigenvalue weighted by Crippen LogP contribution is 2.43. The summed E-state index contributed by atoms with van der Waals surface area (Å²) in [5, 5.41) is 0. The first-order valence-corrected chi connectivity index (χ1v) is 9.01. The number of quaternary nitrogens is 2. The van der Waals surface area contributed by atoms with Crippen molar-refractivity contribution in [3.05, 3.63) is 35.4 Å². The van der Waals surface area contributed by atoms with Crippen LogP contribution in [0.4, 0.5) is 0 Å². The zero-order valence-electron chi connectivity index (χ0n) is 13.4. The van der Waals surface area contributed by atoms with Crippen LogP contribution in [0.3, 0.4) is 0 Å². The van der Waals surface area contributed by atoms with Crippen molar-refractivity contribution in [2.45, 2.75) is 45.2 Å². The molecule has 1 saturated heterocycles. The number of benzene rings is 1. The minimum atomic E-state index is 1.03. The fourth-order valence-corrected chi connectivity index (χ4v) is 5.21. The van der Waals surface area contributed by atoms with Gasteiger partial charge in [0.15, 0.2) is 0 Å². The summed E-state index contributed by atoms with van der Waals surface area (Å²) < 4.78 is 0. The van der Waals surface area contributed by atoms with Crippen LogP contribution in [0, 0.1) is 18.8 Å². The molecule has 1 aromatic rings. The van der Waals surface area contributed by atoms with Crippen LogP contribution < -0.4 is 9.80 Å². The van der Waals surface area contributed by atoms with Crippen molar-refractivity contribution in [3.63, 3.8) is 0 Å². The van der Waals surface area contributed by atoms with Crippen LogP contribution in [0.2, 0.25) is 0 Å². The van der Waals surface area contributed by atoms with Crippen molar-refractivity contribution in [1.29, 1.82) is 0 Å². The normalized spacial score (nSPS) is 38.8. The summed E-state index contributed by atoms with van der Waals surface area (Å²) in [7, 11) is 0. The third-order valence-electron chi connectivity index (χ3n) is 6.44. The summed E-state index contributed by atoms with van der Waals surface area (Å²) in [6, 6.07) is 10.2. The molecule has 0 amide bonds. The SMILES string of the molecule is Cc1ccc(C[NH+]2CC[NH+]([C@@H]3C[C@H]4CC[C@@H]3C4)CC2)cc1. The molecule has 1 heterocycles. The van der Waals surface area contributed by atoms with E-state index in [-0.39, 0.29) is 0 Å². The van der Waals surface area contributed by atoms with Crippen molar-refractivity contribution in [3.8, 4) is 0 Å². The Balaban J connectivity index is 1.29. The van der Waals surface area contributed by atoms with Crippen LogP contribution in [-0.2, 0) is 6.54 Å². The van der Waals surface area contributed by atoms with Gasteiger partial charge in [-0.1, -0.05) is 29.8 Å². The third kappa shape index (κ3) is 2.89. The van der Waals surface area contributed by atoms with E-state index in [2.05, 4.69) is 31.2 Å². The Bertz CT molecular complexity index is 473. The van der Waals surface area contributed by atoms with Gasteiger partial charge in [-0.05, 0) is 32.1 Å². The molecule has 21 heavy (non-hydrogen) atoms. The van der Waals surface area contributed by atoms with Gasteiger partial charge in [-0.25, -0.2) is 0 Å². The molecule has 2 nitrogen and oxygen atoms in total. The molecule has 0 unspecified atom stereocenters. The van der Waals surface area contributed by atoms with E-state index in [0.29, 0.717) is 0 Å². The topological polar surface area (TPSA) is 8.88 Å². The van der Waals surface area contributed by atoms with Gasteiger partial charge in [-0.3, -0.25) is 0 Å². The first-order chi connectivity index (χ1) is 10.3. The molecular weight excluding hydrogens is 256 g/mol. The highest BCUT2D eigenvalue weighted by Gasteiger charge is 2.45. The number of hydrogen-bond acceptors (Lipinski definition) is 0. The Labute approximate surface area is 129 Å². The first kappa shape index (κ1) is 13.8. The Morgan fingerprint density at radius 1 is 0.952 bits per heavy atom. The first-order valence-electron chi connectivity index (χ1n) is 9.01. The van der Waals surface area contributed by atoms with Crippen LogP contribution >= 0.6 is 0 Å². The number of hydrogen-bond donors (Lipinski definition) is 2. The Morgan fingerprint density at radius 3 is 2.33 bits per heavy atom. The molecular formula is C19H30N2+2. The van der Waals surface area contributed by atoms with Gasteiger partial charge >= 0.3 is 0 Å². The molecule has 1 aliphatic heterocycles.